The smallest absolute Gasteiger partial charge is 0.273 e. The number of hydrogen-bond donors (Lipinski definition) is 0. The number of amides is 1. The van der Waals surface area contributed by atoms with Crippen LogP contribution >= 0.6 is 11.3 Å². The van der Waals surface area contributed by atoms with Crippen LogP contribution in [0.25, 0.3) is 0 Å². The summed E-state index contributed by atoms with van der Waals surface area (Å²) in [6.07, 6.45) is 0. The standard InChI is InChI=1S/C17H21N3O4S2/c1-12-10-14(4-5-16(12)24-3)26(22,23)20-8-6-19(7-9-20)17(21)15-11-25-13(2)18-15/h4-5,10-11H,6-9H2,1-3H3. The largest absolute Gasteiger partial charge is 0.496 e. The molecule has 0 radical (unpaired) electrons. The summed E-state index contributed by atoms with van der Waals surface area (Å²) in [6, 6.07) is 4.83. The van der Waals surface area contributed by atoms with Crippen molar-refractivity contribution in [2.24, 2.45) is 0 Å². The van der Waals surface area contributed by atoms with E-state index in [0.29, 0.717) is 24.5 Å². The predicted molar refractivity (Wildman–Crippen MR) is 99.2 cm³/mol. The maximum absolute atomic E-state index is 12.9. The molecule has 9 heteroatoms. The van der Waals surface area contributed by atoms with Gasteiger partial charge in [-0.2, -0.15) is 4.31 Å². The fraction of sp³-hybridized carbons (Fsp3) is 0.412. The van der Waals surface area contributed by atoms with Gasteiger partial charge in [0.05, 0.1) is 17.0 Å². The molecule has 1 aromatic carbocycles. The molecule has 0 saturated carbocycles. The molecule has 1 fully saturated rings. The molecule has 2 heterocycles. The number of rotatable bonds is 4. The van der Waals surface area contributed by atoms with Crippen LogP contribution in [0, 0.1) is 13.8 Å². The summed E-state index contributed by atoms with van der Waals surface area (Å²) < 4.78 is 32.3. The number of aryl methyl sites for hydroxylation is 2. The molecule has 140 valence electrons. The Hall–Kier alpha value is -1.97. The van der Waals surface area contributed by atoms with E-state index in [0.717, 1.165) is 10.6 Å². The van der Waals surface area contributed by atoms with Crippen LogP contribution in [0.1, 0.15) is 21.1 Å². The number of methoxy groups -OCH3 is 1. The molecule has 0 unspecified atom stereocenters. The molecule has 1 aliphatic heterocycles. The Morgan fingerprint density at radius 3 is 2.42 bits per heavy atom. The molecule has 1 saturated heterocycles. The molecular weight excluding hydrogens is 374 g/mol. The third-order valence-electron chi connectivity index (χ3n) is 4.37. The van der Waals surface area contributed by atoms with Gasteiger partial charge in [0, 0.05) is 31.6 Å². The van der Waals surface area contributed by atoms with Crippen LogP contribution < -0.4 is 4.74 Å². The monoisotopic (exact) mass is 395 g/mol. The lowest BCUT2D eigenvalue weighted by molar-refractivity contribution is 0.0692. The van der Waals surface area contributed by atoms with Crippen molar-refractivity contribution in [3.05, 3.63) is 39.8 Å². The number of hydrogen-bond acceptors (Lipinski definition) is 6. The Kier molecular flexibility index (Phi) is 5.31. The van der Waals surface area contributed by atoms with Crippen LogP contribution in [0.15, 0.2) is 28.5 Å². The molecule has 0 spiro atoms. The van der Waals surface area contributed by atoms with Crippen LogP contribution in [0.5, 0.6) is 5.75 Å². The number of piperazine rings is 1. The second kappa shape index (κ2) is 7.34. The van der Waals surface area contributed by atoms with Gasteiger partial charge in [0.25, 0.3) is 5.91 Å². The van der Waals surface area contributed by atoms with Gasteiger partial charge in [-0.05, 0) is 37.6 Å². The van der Waals surface area contributed by atoms with Gasteiger partial charge in [0.1, 0.15) is 11.4 Å². The van der Waals surface area contributed by atoms with Crippen molar-refractivity contribution in [2.75, 3.05) is 33.3 Å². The average Bonchev–Trinajstić information content (AvgIpc) is 3.07. The summed E-state index contributed by atoms with van der Waals surface area (Å²) >= 11 is 1.43. The van der Waals surface area contributed by atoms with Crippen molar-refractivity contribution in [2.45, 2.75) is 18.7 Å². The van der Waals surface area contributed by atoms with Crippen molar-refractivity contribution in [1.29, 1.82) is 0 Å². The van der Waals surface area contributed by atoms with Gasteiger partial charge in [0.2, 0.25) is 10.0 Å². The van der Waals surface area contributed by atoms with Gasteiger partial charge in [0.15, 0.2) is 0 Å². The van der Waals surface area contributed by atoms with E-state index >= 15 is 0 Å². The number of carbonyl (C=O) groups excluding carboxylic acids is 1. The number of benzene rings is 1. The van der Waals surface area contributed by atoms with E-state index in [4.69, 9.17) is 4.74 Å². The van der Waals surface area contributed by atoms with Gasteiger partial charge < -0.3 is 9.64 Å². The summed E-state index contributed by atoms with van der Waals surface area (Å²) in [6.45, 7) is 4.89. The summed E-state index contributed by atoms with van der Waals surface area (Å²) in [5, 5.41) is 2.57. The molecule has 0 aliphatic carbocycles. The normalized spacial score (nSPS) is 15.9. The van der Waals surface area contributed by atoms with Gasteiger partial charge in [-0.1, -0.05) is 0 Å². The highest BCUT2D eigenvalue weighted by atomic mass is 32.2. The minimum atomic E-state index is -3.59. The van der Waals surface area contributed by atoms with Crippen LogP contribution in [-0.4, -0.2) is 61.8 Å². The second-order valence-corrected chi connectivity index (χ2v) is 9.08. The van der Waals surface area contributed by atoms with E-state index in [2.05, 4.69) is 4.98 Å². The average molecular weight is 396 g/mol. The third-order valence-corrected chi connectivity index (χ3v) is 7.04. The lowest BCUT2D eigenvalue weighted by Gasteiger charge is -2.33. The Morgan fingerprint density at radius 2 is 1.88 bits per heavy atom. The van der Waals surface area contributed by atoms with Gasteiger partial charge in [-0.3, -0.25) is 4.79 Å². The van der Waals surface area contributed by atoms with Crippen molar-refractivity contribution >= 4 is 27.3 Å². The van der Waals surface area contributed by atoms with Crippen LogP contribution in [0.3, 0.4) is 0 Å². The van der Waals surface area contributed by atoms with E-state index in [-0.39, 0.29) is 23.9 Å². The maximum atomic E-state index is 12.9. The summed E-state index contributed by atoms with van der Waals surface area (Å²) in [7, 11) is -2.04. The Labute approximate surface area is 157 Å². The first-order valence-electron chi connectivity index (χ1n) is 8.19. The van der Waals surface area contributed by atoms with E-state index in [9.17, 15) is 13.2 Å². The van der Waals surface area contributed by atoms with Crippen molar-refractivity contribution in [1.82, 2.24) is 14.2 Å². The van der Waals surface area contributed by atoms with E-state index in [1.165, 1.54) is 15.6 Å². The van der Waals surface area contributed by atoms with Crippen LogP contribution in [-0.2, 0) is 10.0 Å². The molecule has 26 heavy (non-hydrogen) atoms. The first-order chi connectivity index (χ1) is 12.3. The van der Waals surface area contributed by atoms with E-state index in [1.807, 2.05) is 13.8 Å². The molecule has 1 aliphatic rings. The number of thiazole rings is 1. The fourth-order valence-corrected chi connectivity index (χ4v) is 5.01. The quantitative estimate of drug-likeness (QED) is 0.790. The number of carbonyl (C=O) groups is 1. The SMILES string of the molecule is COc1ccc(S(=O)(=O)N2CCN(C(=O)c3csc(C)n3)CC2)cc1C. The van der Waals surface area contributed by atoms with Crippen LogP contribution in [0.2, 0.25) is 0 Å². The molecule has 1 aromatic heterocycles. The third kappa shape index (κ3) is 3.60. The van der Waals surface area contributed by atoms with Gasteiger partial charge >= 0.3 is 0 Å². The molecular formula is C17H21N3O4S2. The van der Waals surface area contributed by atoms with Gasteiger partial charge in [-0.25, -0.2) is 13.4 Å². The zero-order chi connectivity index (χ0) is 18.9. The van der Waals surface area contributed by atoms with Gasteiger partial charge in [-0.15, -0.1) is 11.3 Å². The highest BCUT2D eigenvalue weighted by Crippen LogP contribution is 2.24. The number of aromatic nitrogens is 1. The number of ether oxygens (including phenoxy) is 1. The maximum Gasteiger partial charge on any atom is 0.273 e. The Balaban J connectivity index is 1.70. The van der Waals surface area contributed by atoms with Crippen molar-refractivity contribution < 1.29 is 17.9 Å². The molecule has 7 nitrogen and oxygen atoms in total. The lowest BCUT2D eigenvalue weighted by Crippen LogP contribution is -2.50. The molecule has 0 bridgehead atoms. The molecule has 2 aromatic rings. The molecule has 0 N–H and O–H groups in total. The molecule has 0 atom stereocenters. The summed E-state index contributed by atoms with van der Waals surface area (Å²) in [4.78, 5) is 18.5. The predicted octanol–water partition coefficient (Wildman–Crippen LogP) is 1.92. The molecule has 3 rings (SSSR count). The van der Waals surface area contributed by atoms with Crippen molar-refractivity contribution in [3.8, 4) is 5.75 Å². The Bertz CT molecular complexity index is 916. The number of sulfonamides is 1. The first kappa shape index (κ1) is 18.8. The van der Waals surface area contributed by atoms with E-state index in [1.54, 1.807) is 35.6 Å². The topological polar surface area (TPSA) is 79.8 Å². The first-order valence-corrected chi connectivity index (χ1v) is 10.5. The Morgan fingerprint density at radius 1 is 1.19 bits per heavy atom. The fourth-order valence-electron chi connectivity index (χ4n) is 2.92. The second-order valence-electron chi connectivity index (χ2n) is 6.08. The minimum Gasteiger partial charge on any atom is -0.496 e. The zero-order valence-electron chi connectivity index (χ0n) is 14.9. The zero-order valence-corrected chi connectivity index (χ0v) is 16.6. The highest BCUT2D eigenvalue weighted by molar-refractivity contribution is 7.89. The van der Waals surface area contributed by atoms with Crippen LogP contribution in [0.4, 0.5) is 0 Å². The summed E-state index contributed by atoms with van der Waals surface area (Å²) in [5.41, 5.74) is 1.19. The lowest BCUT2D eigenvalue weighted by atomic mass is 10.2. The summed E-state index contributed by atoms with van der Waals surface area (Å²) in [5.74, 6) is 0.504. The highest BCUT2D eigenvalue weighted by Gasteiger charge is 2.31. The van der Waals surface area contributed by atoms with E-state index < -0.39 is 10.0 Å². The number of nitrogens with zero attached hydrogens (tertiary/aromatic N) is 3. The molecule has 1 amide bonds. The minimum absolute atomic E-state index is 0.147. The van der Waals surface area contributed by atoms with Crippen molar-refractivity contribution in [3.63, 3.8) is 0 Å².